The maximum Gasteiger partial charge on any atom is 0.161 e. The van der Waals surface area contributed by atoms with Crippen LogP contribution in [0.1, 0.15) is 22.9 Å². The molecule has 8 rings (SSSR count). The number of nitrogens with zero attached hydrogens (tertiary/aromatic N) is 3. The molecule has 0 aliphatic carbocycles. The molecule has 196 valence electrons. The molecule has 0 spiro atoms. The third-order valence-corrected chi connectivity index (χ3v) is 8.28. The Hall–Kier alpha value is -4.93. The van der Waals surface area contributed by atoms with Crippen LogP contribution in [0.25, 0.3) is 43.5 Å². The molecule has 6 aromatic carbocycles. The lowest BCUT2D eigenvalue weighted by Crippen LogP contribution is -2.35. The van der Waals surface area contributed by atoms with Crippen molar-refractivity contribution in [1.29, 1.82) is 0 Å². The van der Waals surface area contributed by atoms with E-state index in [0.717, 1.165) is 44.5 Å². The van der Waals surface area contributed by atoms with Gasteiger partial charge >= 0.3 is 0 Å². The van der Waals surface area contributed by atoms with Crippen molar-refractivity contribution in [3.05, 3.63) is 143 Å². The van der Waals surface area contributed by atoms with Gasteiger partial charge in [0, 0.05) is 28.9 Å². The molecule has 1 aliphatic heterocycles. The number of fused-ring (bicyclic) bond motifs is 6. The van der Waals surface area contributed by atoms with Crippen LogP contribution in [0.3, 0.4) is 0 Å². The minimum absolute atomic E-state index is 0.270. The second kappa shape index (κ2) is 9.33. The molecule has 1 unspecified atom stereocenters. The van der Waals surface area contributed by atoms with E-state index >= 15 is 0 Å². The van der Waals surface area contributed by atoms with E-state index in [1.807, 2.05) is 55.6 Å². The van der Waals surface area contributed by atoms with E-state index in [4.69, 9.17) is 26.0 Å². The number of hydrogen-bond donors (Lipinski definition) is 0. The zero-order valence-corrected chi connectivity index (χ0v) is 23.0. The van der Waals surface area contributed by atoms with E-state index in [2.05, 4.69) is 77.7 Å². The Kier molecular flexibility index (Phi) is 5.44. The summed E-state index contributed by atoms with van der Waals surface area (Å²) < 4.78 is 6.19. The fourth-order valence-corrected chi connectivity index (χ4v) is 6.16. The second-order valence-electron chi connectivity index (χ2n) is 10.4. The highest BCUT2D eigenvalue weighted by atomic mass is 35.5. The number of hydrogen-bond acceptors (Lipinski definition) is 4. The van der Waals surface area contributed by atoms with Gasteiger partial charge in [-0.15, -0.1) is 0 Å². The smallest absolute Gasteiger partial charge is 0.161 e. The normalized spacial score (nSPS) is 15.6. The van der Waals surface area contributed by atoms with Gasteiger partial charge in [-0.05, 0) is 51.4 Å². The monoisotopic (exact) mass is 549 g/mol. The Balaban J connectivity index is 1.32. The molecule has 5 heteroatoms. The van der Waals surface area contributed by atoms with E-state index in [0.29, 0.717) is 10.9 Å². The van der Waals surface area contributed by atoms with Crippen LogP contribution in [0.5, 0.6) is 0 Å². The van der Waals surface area contributed by atoms with E-state index in [9.17, 15) is 0 Å². The maximum absolute atomic E-state index is 6.95. The lowest BCUT2D eigenvalue weighted by Gasteiger charge is -2.32. The molecular formula is C36H24ClN3O. The average molecular weight is 550 g/mol. The van der Waals surface area contributed by atoms with Gasteiger partial charge in [-0.2, -0.15) is 0 Å². The number of halogens is 1. The molecular weight excluding hydrogens is 526 g/mol. The van der Waals surface area contributed by atoms with E-state index in [1.165, 1.54) is 21.5 Å². The predicted octanol–water partition coefficient (Wildman–Crippen LogP) is 9.38. The van der Waals surface area contributed by atoms with Gasteiger partial charge in [0.15, 0.2) is 5.84 Å². The van der Waals surface area contributed by atoms with Crippen LogP contribution in [0.4, 0.5) is 0 Å². The standard InChI is InChI=1S/C36H24ClN3O/c1-40-35(23-10-3-2-4-11-23)38-34(30-21-33-29(20-31(30)37)28-13-7-8-14-32(28)41-33)39-36(40)25-17-18-27-24(19-25)16-15-22-9-5-6-12-26(22)27/h2-21,35H,1H3. The Bertz CT molecular complexity index is 2200. The second-order valence-corrected chi connectivity index (χ2v) is 10.8. The van der Waals surface area contributed by atoms with Crippen LogP contribution in [0.2, 0.25) is 5.02 Å². The van der Waals surface area contributed by atoms with Gasteiger partial charge in [0.05, 0.1) is 5.02 Å². The average Bonchev–Trinajstić information content (AvgIpc) is 3.38. The Morgan fingerprint density at radius 3 is 2.27 bits per heavy atom. The number of amidine groups is 2. The number of furan rings is 1. The highest BCUT2D eigenvalue weighted by Gasteiger charge is 2.28. The van der Waals surface area contributed by atoms with Gasteiger partial charge < -0.3 is 9.32 Å². The SMILES string of the molecule is CN1C(c2ccc3c(ccc4ccccc43)c2)=NC(c2cc3oc4ccccc4c3cc2Cl)=NC1c1ccccc1. The molecule has 1 aliphatic rings. The first-order valence-corrected chi connectivity index (χ1v) is 14.0. The van der Waals surface area contributed by atoms with Crippen molar-refractivity contribution in [1.82, 2.24) is 4.90 Å². The van der Waals surface area contributed by atoms with Gasteiger partial charge in [-0.25, -0.2) is 9.98 Å². The van der Waals surface area contributed by atoms with Gasteiger partial charge in [0.2, 0.25) is 0 Å². The molecule has 0 saturated carbocycles. The Labute approximate surface area is 241 Å². The van der Waals surface area contributed by atoms with E-state index in [1.54, 1.807) is 0 Å². The van der Waals surface area contributed by atoms with Crippen LogP contribution < -0.4 is 0 Å². The summed E-state index contributed by atoms with van der Waals surface area (Å²) in [5, 5.41) is 7.47. The largest absolute Gasteiger partial charge is 0.456 e. The Morgan fingerprint density at radius 1 is 0.659 bits per heavy atom. The third kappa shape index (κ3) is 3.91. The first-order valence-electron chi connectivity index (χ1n) is 13.6. The third-order valence-electron chi connectivity index (χ3n) is 7.97. The summed E-state index contributed by atoms with van der Waals surface area (Å²) in [4.78, 5) is 12.4. The molecule has 1 aromatic heterocycles. The zero-order valence-electron chi connectivity index (χ0n) is 22.3. The van der Waals surface area contributed by atoms with Crippen molar-refractivity contribution in [2.75, 3.05) is 7.05 Å². The molecule has 41 heavy (non-hydrogen) atoms. The van der Waals surface area contributed by atoms with Crippen LogP contribution in [-0.4, -0.2) is 23.6 Å². The van der Waals surface area contributed by atoms with Crippen molar-refractivity contribution < 1.29 is 4.42 Å². The quantitative estimate of drug-likeness (QED) is 0.206. The van der Waals surface area contributed by atoms with E-state index < -0.39 is 0 Å². The number of para-hydroxylation sites is 1. The number of rotatable bonds is 3. The maximum atomic E-state index is 6.95. The molecule has 2 heterocycles. The summed E-state index contributed by atoms with van der Waals surface area (Å²) in [7, 11) is 2.05. The molecule has 0 saturated heterocycles. The first kappa shape index (κ1) is 23.9. The molecule has 0 amide bonds. The van der Waals surface area contributed by atoms with Crippen LogP contribution in [0.15, 0.2) is 136 Å². The highest BCUT2D eigenvalue weighted by molar-refractivity contribution is 6.36. The van der Waals surface area contributed by atoms with Gasteiger partial charge in [0.1, 0.15) is 23.2 Å². The lowest BCUT2D eigenvalue weighted by atomic mass is 9.99. The molecule has 0 fully saturated rings. The molecule has 1 atom stereocenters. The number of aliphatic imine (C=N–C) groups is 2. The first-order chi connectivity index (χ1) is 20.1. The Morgan fingerprint density at radius 2 is 1.39 bits per heavy atom. The molecule has 0 radical (unpaired) electrons. The summed E-state index contributed by atoms with van der Waals surface area (Å²) in [5.41, 5.74) is 4.43. The lowest BCUT2D eigenvalue weighted by molar-refractivity contribution is 0.383. The molecule has 0 N–H and O–H groups in total. The minimum atomic E-state index is -0.270. The van der Waals surface area contributed by atoms with Crippen molar-refractivity contribution in [2.24, 2.45) is 9.98 Å². The van der Waals surface area contributed by atoms with Crippen LogP contribution >= 0.6 is 11.6 Å². The summed E-state index contributed by atoms with van der Waals surface area (Å²) in [6, 6.07) is 41.6. The van der Waals surface area contributed by atoms with Crippen molar-refractivity contribution in [3.63, 3.8) is 0 Å². The molecule has 4 nitrogen and oxygen atoms in total. The summed E-state index contributed by atoms with van der Waals surface area (Å²) in [6.45, 7) is 0. The van der Waals surface area contributed by atoms with Crippen molar-refractivity contribution in [3.8, 4) is 0 Å². The fourth-order valence-electron chi connectivity index (χ4n) is 5.92. The summed E-state index contributed by atoms with van der Waals surface area (Å²) in [6.07, 6.45) is -0.270. The number of benzene rings is 6. The topological polar surface area (TPSA) is 41.1 Å². The summed E-state index contributed by atoms with van der Waals surface area (Å²) in [5.74, 6) is 1.41. The van der Waals surface area contributed by atoms with Gasteiger partial charge in [-0.1, -0.05) is 109 Å². The van der Waals surface area contributed by atoms with Crippen molar-refractivity contribution >= 4 is 66.8 Å². The predicted molar refractivity (Wildman–Crippen MR) is 170 cm³/mol. The van der Waals surface area contributed by atoms with Gasteiger partial charge in [0.25, 0.3) is 0 Å². The fraction of sp³-hybridized carbons (Fsp3) is 0.0556. The van der Waals surface area contributed by atoms with Crippen LogP contribution in [-0.2, 0) is 0 Å². The van der Waals surface area contributed by atoms with Crippen LogP contribution in [0, 0.1) is 0 Å². The van der Waals surface area contributed by atoms with Crippen molar-refractivity contribution in [2.45, 2.75) is 6.17 Å². The highest BCUT2D eigenvalue weighted by Crippen LogP contribution is 2.36. The zero-order chi connectivity index (χ0) is 27.5. The van der Waals surface area contributed by atoms with Gasteiger partial charge in [-0.3, -0.25) is 0 Å². The minimum Gasteiger partial charge on any atom is -0.456 e. The summed E-state index contributed by atoms with van der Waals surface area (Å²) >= 11 is 6.95. The molecule has 7 aromatic rings. The van der Waals surface area contributed by atoms with E-state index in [-0.39, 0.29) is 6.17 Å². The molecule has 0 bridgehead atoms.